The predicted molar refractivity (Wildman–Crippen MR) is 88.4 cm³/mol. The quantitative estimate of drug-likeness (QED) is 0.838. The van der Waals surface area contributed by atoms with Crippen molar-refractivity contribution in [3.63, 3.8) is 0 Å². The number of aliphatic hydroxyl groups excluding tert-OH is 1. The van der Waals surface area contributed by atoms with E-state index in [-0.39, 0.29) is 11.5 Å². The summed E-state index contributed by atoms with van der Waals surface area (Å²) in [7, 11) is 0. The molecular weight excluding hydrogens is 308 g/mol. The van der Waals surface area contributed by atoms with Crippen LogP contribution in [0.2, 0.25) is 0 Å². The molecule has 0 radical (unpaired) electrons. The lowest BCUT2D eigenvalue weighted by molar-refractivity contribution is -0.0473. The van der Waals surface area contributed by atoms with Gasteiger partial charge in [-0.05, 0) is 6.07 Å². The number of β-amino-alcohol motifs (C(OH)–C–C–N with tert-alkyl or cyclic N) is 1. The number of aromatic nitrogens is 5. The van der Waals surface area contributed by atoms with Crippen molar-refractivity contribution < 1.29 is 9.84 Å². The van der Waals surface area contributed by atoms with E-state index in [1.54, 1.807) is 10.9 Å². The molecule has 0 bridgehead atoms. The second-order valence-electron chi connectivity index (χ2n) is 7.30. The summed E-state index contributed by atoms with van der Waals surface area (Å²) in [5, 5.41) is 21.7. The smallest absolute Gasteiger partial charge is 0.156 e. The van der Waals surface area contributed by atoms with Crippen LogP contribution < -0.4 is 0 Å². The molecule has 1 saturated heterocycles. The first-order valence-electron chi connectivity index (χ1n) is 8.34. The maximum Gasteiger partial charge on any atom is 0.156 e. The van der Waals surface area contributed by atoms with E-state index in [0.29, 0.717) is 26.2 Å². The van der Waals surface area contributed by atoms with Gasteiger partial charge < -0.3 is 9.84 Å². The van der Waals surface area contributed by atoms with Crippen molar-refractivity contribution in [1.82, 2.24) is 29.9 Å². The first-order chi connectivity index (χ1) is 11.4. The number of H-pyrrole nitrogens is 1. The van der Waals surface area contributed by atoms with Crippen molar-refractivity contribution in [2.45, 2.75) is 44.9 Å². The highest BCUT2D eigenvalue weighted by molar-refractivity contribution is 5.04. The highest BCUT2D eigenvalue weighted by atomic mass is 16.5. The lowest BCUT2D eigenvalue weighted by Crippen LogP contribution is -2.43. The number of hydrogen-bond acceptors (Lipinski definition) is 6. The van der Waals surface area contributed by atoms with Gasteiger partial charge in [-0.3, -0.25) is 14.7 Å². The summed E-state index contributed by atoms with van der Waals surface area (Å²) in [6.07, 6.45) is 2.96. The zero-order valence-corrected chi connectivity index (χ0v) is 14.5. The zero-order valence-electron chi connectivity index (χ0n) is 14.5. The molecule has 1 fully saturated rings. The number of nitrogens with zero attached hydrogens (tertiary/aromatic N) is 5. The molecule has 24 heavy (non-hydrogen) atoms. The van der Waals surface area contributed by atoms with E-state index in [2.05, 4.69) is 46.0 Å². The van der Waals surface area contributed by atoms with Crippen LogP contribution in [0.1, 0.15) is 38.5 Å². The average molecular weight is 334 g/mol. The average Bonchev–Trinajstić information content (AvgIpc) is 3.17. The normalized spacial score (nSPS) is 21.1. The molecule has 3 heterocycles. The van der Waals surface area contributed by atoms with Crippen LogP contribution in [0.15, 0.2) is 18.5 Å². The van der Waals surface area contributed by atoms with E-state index < -0.39 is 6.10 Å². The van der Waals surface area contributed by atoms with Crippen LogP contribution in [0.3, 0.4) is 0 Å². The number of aliphatic hydroxyl groups is 1. The first kappa shape index (κ1) is 17.1. The van der Waals surface area contributed by atoms with Gasteiger partial charge in [-0.1, -0.05) is 20.8 Å². The van der Waals surface area contributed by atoms with Crippen LogP contribution in [0, 0.1) is 0 Å². The van der Waals surface area contributed by atoms with E-state index in [0.717, 1.165) is 18.2 Å². The maximum atomic E-state index is 10.3. The van der Waals surface area contributed by atoms with Crippen molar-refractivity contribution in [2.75, 3.05) is 26.2 Å². The largest absolute Gasteiger partial charge is 0.390 e. The second-order valence-corrected chi connectivity index (χ2v) is 7.30. The van der Waals surface area contributed by atoms with Crippen LogP contribution in [0.25, 0.3) is 0 Å². The van der Waals surface area contributed by atoms with Gasteiger partial charge >= 0.3 is 0 Å². The minimum Gasteiger partial charge on any atom is -0.390 e. The fourth-order valence-corrected chi connectivity index (χ4v) is 2.77. The second kappa shape index (κ2) is 7.00. The van der Waals surface area contributed by atoms with Gasteiger partial charge in [0.2, 0.25) is 0 Å². The third kappa shape index (κ3) is 4.19. The first-order valence-corrected chi connectivity index (χ1v) is 8.34. The summed E-state index contributed by atoms with van der Waals surface area (Å²) in [5.41, 5.74) is -0.0942. The molecule has 8 nitrogen and oxygen atoms in total. The van der Waals surface area contributed by atoms with Crippen molar-refractivity contribution in [3.8, 4) is 0 Å². The summed E-state index contributed by atoms with van der Waals surface area (Å²) in [6, 6.07) is 1.86. The molecule has 2 unspecified atom stereocenters. The highest BCUT2D eigenvalue weighted by Crippen LogP contribution is 2.23. The van der Waals surface area contributed by atoms with Gasteiger partial charge in [0.05, 0.1) is 19.3 Å². The SMILES string of the molecule is CC(C)(C)c1n[nH]c(C2CN(CC(O)Cn3cccn3)CCO2)n1. The Balaban J connectivity index is 1.57. The van der Waals surface area contributed by atoms with Gasteiger partial charge in [0.1, 0.15) is 6.10 Å². The van der Waals surface area contributed by atoms with Crippen LogP contribution in [0.5, 0.6) is 0 Å². The molecule has 2 atom stereocenters. The van der Waals surface area contributed by atoms with Crippen molar-refractivity contribution in [1.29, 1.82) is 0 Å². The number of ether oxygens (including phenoxy) is 1. The zero-order chi connectivity index (χ0) is 17.2. The third-order valence-electron chi connectivity index (χ3n) is 4.06. The van der Waals surface area contributed by atoms with Gasteiger partial charge in [0, 0.05) is 37.4 Å². The molecule has 132 valence electrons. The van der Waals surface area contributed by atoms with Crippen molar-refractivity contribution >= 4 is 0 Å². The maximum absolute atomic E-state index is 10.3. The van der Waals surface area contributed by atoms with E-state index in [1.165, 1.54) is 0 Å². The Bertz CT molecular complexity index is 633. The van der Waals surface area contributed by atoms with Crippen molar-refractivity contribution in [3.05, 3.63) is 30.1 Å². The Labute approximate surface area is 141 Å². The van der Waals surface area contributed by atoms with Crippen LogP contribution in [-0.4, -0.2) is 67.3 Å². The third-order valence-corrected chi connectivity index (χ3v) is 4.06. The molecule has 1 aliphatic rings. The van der Waals surface area contributed by atoms with Crippen molar-refractivity contribution in [2.24, 2.45) is 0 Å². The number of morpholine rings is 1. The summed E-state index contributed by atoms with van der Waals surface area (Å²) in [5.74, 6) is 1.54. The molecule has 2 N–H and O–H groups in total. The summed E-state index contributed by atoms with van der Waals surface area (Å²) in [4.78, 5) is 6.78. The lowest BCUT2D eigenvalue weighted by Gasteiger charge is -2.33. The molecule has 1 aliphatic heterocycles. The Kier molecular flexibility index (Phi) is 4.98. The van der Waals surface area contributed by atoms with Crippen LogP contribution >= 0.6 is 0 Å². The molecule has 2 aromatic heterocycles. The molecule has 2 aromatic rings. The molecule has 0 spiro atoms. The minimum absolute atomic E-state index is 0.0942. The van der Waals surface area contributed by atoms with Gasteiger partial charge in [0.15, 0.2) is 11.6 Å². The Morgan fingerprint density at radius 2 is 2.25 bits per heavy atom. The summed E-state index contributed by atoms with van der Waals surface area (Å²) < 4.78 is 7.58. The monoisotopic (exact) mass is 334 g/mol. The number of hydrogen-bond donors (Lipinski definition) is 2. The molecule has 0 aromatic carbocycles. The Hall–Kier alpha value is -1.77. The Morgan fingerprint density at radius 3 is 2.92 bits per heavy atom. The molecule has 0 saturated carbocycles. The standard InChI is InChI=1S/C16H26N6O2/c1-16(2,3)15-18-14(19-20-15)13-11-21(7-8-24-13)9-12(23)10-22-6-4-5-17-22/h4-6,12-13,23H,7-11H2,1-3H3,(H,18,19,20). The van der Waals surface area contributed by atoms with Gasteiger partial charge in [0.25, 0.3) is 0 Å². The summed E-state index contributed by atoms with van der Waals surface area (Å²) in [6.45, 7) is 9.43. The molecule has 3 rings (SSSR count). The lowest BCUT2D eigenvalue weighted by atomic mass is 9.96. The minimum atomic E-state index is -0.469. The van der Waals surface area contributed by atoms with Crippen LogP contribution in [0.4, 0.5) is 0 Å². The van der Waals surface area contributed by atoms with Gasteiger partial charge in [-0.25, -0.2) is 4.98 Å². The fraction of sp³-hybridized carbons (Fsp3) is 0.688. The molecule has 8 heteroatoms. The van der Waals surface area contributed by atoms with E-state index >= 15 is 0 Å². The summed E-state index contributed by atoms with van der Waals surface area (Å²) >= 11 is 0. The predicted octanol–water partition coefficient (Wildman–Crippen LogP) is 0.733. The van der Waals surface area contributed by atoms with Gasteiger partial charge in [-0.2, -0.15) is 10.2 Å². The Morgan fingerprint density at radius 1 is 1.42 bits per heavy atom. The van der Waals surface area contributed by atoms with E-state index in [1.807, 2.05) is 12.3 Å². The molecular formula is C16H26N6O2. The highest BCUT2D eigenvalue weighted by Gasteiger charge is 2.28. The number of rotatable bonds is 5. The fourth-order valence-electron chi connectivity index (χ4n) is 2.77. The molecule has 0 amide bonds. The van der Waals surface area contributed by atoms with E-state index in [9.17, 15) is 5.11 Å². The topological polar surface area (TPSA) is 92.1 Å². The number of aromatic amines is 1. The van der Waals surface area contributed by atoms with Crippen LogP contribution in [-0.2, 0) is 16.7 Å². The number of nitrogens with one attached hydrogen (secondary N) is 1. The van der Waals surface area contributed by atoms with E-state index in [4.69, 9.17) is 4.74 Å². The molecule has 0 aliphatic carbocycles. The van der Waals surface area contributed by atoms with Gasteiger partial charge in [-0.15, -0.1) is 0 Å².